The molecule has 19 heavy (non-hydrogen) atoms. The average Bonchev–Trinajstić information content (AvgIpc) is 2.66. The lowest BCUT2D eigenvalue weighted by Gasteiger charge is -2.02. The fourth-order valence-corrected chi connectivity index (χ4v) is 1.97. The minimum Gasteiger partial charge on any atom is -0.465 e. The van der Waals surface area contributed by atoms with Gasteiger partial charge in [0.05, 0.1) is 18.3 Å². The molecule has 0 aromatic heterocycles. The van der Waals surface area contributed by atoms with Crippen LogP contribution in [0.15, 0.2) is 41.1 Å². The van der Waals surface area contributed by atoms with Crippen molar-refractivity contribution in [1.82, 2.24) is 5.32 Å². The van der Waals surface area contributed by atoms with E-state index in [1.54, 1.807) is 37.3 Å². The summed E-state index contributed by atoms with van der Waals surface area (Å²) in [5.74, 6) is -0.844. The van der Waals surface area contributed by atoms with Crippen LogP contribution in [0.25, 0.3) is 6.08 Å². The number of benzene rings is 1. The van der Waals surface area contributed by atoms with E-state index in [2.05, 4.69) is 10.1 Å². The molecule has 1 aromatic rings. The number of rotatable bonds is 2. The monoisotopic (exact) mass is 277 g/mol. The van der Waals surface area contributed by atoms with Crippen molar-refractivity contribution in [2.24, 2.45) is 0 Å². The molecule has 0 atom stereocenters. The molecule has 1 aliphatic heterocycles. The van der Waals surface area contributed by atoms with Crippen LogP contribution in [0.3, 0.4) is 0 Å². The van der Waals surface area contributed by atoms with Gasteiger partial charge in [0.15, 0.2) is 0 Å². The van der Waals surface area contributed by atoms with Gasteiger partial charge in [-0.05, 0) is 30.7 Å². The molecule has 5 heteroatoms. The molecule has 1 heterocycles. The summed E-state index contributed by atoms with van der Waals surface area (Å²) in [4.78, 5) is 23.5. The summed E-state index contributed by atoms with van der Waals surface area (Å²) in [5.41, 5.74) is 1.84. The van der Waals surface area contributed by atoms with E-state index in [4.69, 9.17) is 11.6 Å². The van der Waals surface area contributed by atoms with Crippen LogP contribution in [0, 0.1) is 0 Å². The summed E-state index contributed by atoms with van der Waals surface area (Å²) in [6, 6.07) is 6.97. The van der Waals surface area contributed by atoms with E-state index in [1.807, 2.05) is 0 Å². The first-order chi connectivity index (χ1) is 9.02. The second kappa shape index (κ2) is 5.28. The Balaban J connectivity index is 2.44. The van der Waals surface area contributed by atoms with Gasteiger partial charge in [-0.25, -0.2) is 4.79 Å². The third-order valence-electron chi connectivity index (χ3n) is 2.76. The third-order valence-corrected chi connectivity index (χ3v) is 3.01. The topological polar surface area (TPSA) is 55.4 Å². The van der Waals surface area contributed by atoms with Crippen molar-refractivity contribution in [2.45, 2.75) is 6.92 Å². The highest BCUT2D eigenvalue weighted by Gasteiger charge is 2.30. The normalized spacial score (nSPS) is 16.8. The Kier molecular flexibility index (Phi) is 3.71. The molecule has 0 aliphatic carbocycles. The Bertz CT molecular complexity index is 600. The Hall–Kier alpha value is -2.07. The molecule has 0 spiro atoms. The van der Waals surface area contributed by atoms with E-state index in [9.17, 15) is 9.59 Å². The number of allylic oxidation sites excluding steroid dienone is 1. The Morgan fingerprint density at radius 1 is 1.32 bits per heavy atom. The van der Waals surface area contributed by atoms with Crippen LogP contribution < -0.4 is 5.32 Å². The van der Waals surface area contributed by atoms with Gasteiger partial charge in [0.1, 0.15) is 0 Å². The Labute approximate surface area is 115 Å². The van der Waals surface area contributed by atoms with E-state index >= 15 is 0 Å². The molecule has 0 saturated carbocycles. The van der Waals surface area contributed by atoms with Crippen LogP contribution >= 0.6 is 11.6 Å². The summed E-state index contributed by atoms with van der Waals surface area (Å²) in [7, 11) is 1.28. The molecule has 98 valence electrons. The molecule has 1 aliphatic rings. The predicted octanol–water partition coefficient (Wildman–Crippen LogP) is 2.30. The van der Waals surface area contributed by atoms with Crippen LogP contribution in [0.4, 0.5) is 0 Å². The van der Waals surface area contributed by atoms with Crippen molar-refractivity contribution in [3.8, 4) is 0 Å². The van der Waals surface area contributed by atoms with Crippen LogP contribution in [0.5, 0.6) is 0 Å². The lowest BCUT2D eigenvalue weighted by molar-refractivity contribution is -0.136. The highest BCUT2D eigenvalue weighted by atomic mass is 35.5. The minimum absolute atomic E-state index is 0.266. The zero-order valence-electron chi connectivity index (χ0n) is 10.5. The number of methoxy groups -OCH3 is 1. The molecule has 2 rings (SSSR count). The second-order valence-electron chi connectivity index (χ2n) is 4.06. The zero-order valence-corrected chi connectivity index (χ0v) is 11.2. The third kappa shape index (κ3) is 2.69. The summed E-state index contributed by atoms with van der Waals surface area (Å²) in [6.45, 7) is 1.66. The van der Waals surface area contributed by atoms with Crippen molar-refractivity contribution >= 4 is 29.6 Å². The summed E-state index contributed by atoms with van der Waals surface area (Å²) in [6.07, 6.45) is 1.63. The van der Waals surface area contributed by atoms with E-state index in [0.717, 1.165) is 5.56 Å². The van der Waals surface area contributed by atoms with Crippen LogP contribution in [0.2, 0.25) is 5.02 Å². The lowest BCUT2D eigenvalue weighted by atomic mass is 10.0. The Morgan fingerprint density at radius 3 is 2.53 bits per heavy atom. The fraction of sp³-hybridized carbons (Fsp3) is 0.143. The molecule has 0 saturated heterocycles. The fourth-order valence-electron chi connectivity index (χ4n) is 1.84. The molecule has 1 aromatic carbocycles. The molecule has 1 amide bonds. The standard InChI is InChI=1S/C14H12ClNO3/c1-8-12(14(18)19-2)11(13(17)16-8)7-9-3-5-10(15)6-4-9/h3-7H,1-2H3,(H,16,17)/b11-7+. The van der Waals surface area contributed by atoms with Gasteiger partial charge in [0.25, 0.3) is 5.91 Å². The summed E-state index contributed by atoms with van der Waals surface area (Å²) in [5, 5.41) is 3.22. The maximum Gasteiger partial charge on any atom is 0.340 e. The van der Waals surface area contributed by atoms with E-state index in [1.165, 1.54) is 7.11 Å². The lowest BCUT2D eigenvalue weighted by Crippen LogP contribution is -2.15. The maximum absolute atomic E-state index is 11.8. The van der Waals surface area contributed by atoms with Crippen LogP contribution in [0.1, 0.15) is 12.5 Å². The zero-order chi connectivity index (χ0) is 14.0. The SMILES string of the molecule is COC(=O)C1=C(C)NC(=O)/C1=C/c1ccc(Cl)cc1. The van der Waals surface area contributed by atoms with Crippen molar-refractivity contribution in [1.29, 1.82) is 0 Å². The van der Waals surface area contributed by atoms with Crippen molar-refractivity contribution < 1.29 is 14.3 Å². The van der Waals surface area contributed by atoms with Gasteiger partial charge < -0.3 is 10.1 Å². The highest BCUT2D eigenvalue weighted by Crippen LogP contribution is 2.25. The molecular formula is C14H12ClNO3. The number of carbonyl (C=O) groups excluding carboxylic acids is 2. The minimum atomic E-state index is -0.531. The number of hydrogen-bond acceptors (Lipinski definition) is 3. The smallest absolute Gasteiger partial charge is 0.340 e. The molecule has 0 fully saturated rings. The first-order valence-corrected chi connectivity index (χ1v) is 5.99. The van der Waals surface area contributed by atoms with Crippen molar-refractivity contribution in [2.75, 3.05) is 7.11 Å². The number of halogens is 1. The average molecular weight is 278 g/mol. The second-order valence-corrected chi connectivity index (χ2v) is 4.49. The van der Waals surface area contributed by atoms with Gasteiger partial charge in [-0.1, -0.05) is 23.7 Å². The largest absolute Gasteiger partial charge is 0.465 e. The first-order valence-electron chi connectivity index (χ1n) is 5.61. The van der Waals surface area contributed by atoms with Crippen LogP contribution in [-0.4, -0.2) is 19.0 Å². The number of esters is 1. The molecule has 4 nitrogen and oxygen atoms in total. The number of hydrogen-bond donors (Lipinski definition) is 1. The quantitative estimate of drug-likeness (QED) is 0.667. The van der Waals surface area contributed by atoms with Crippen LogP contribution in [-0.2, 0) is 14.3 Å². The number of nitrogens with one attached hydrogen (secondary N) is 1. The van der Waals surface area contributed by atoms with Gasteiger partial charge in [-0.15, -0.1) is 0 Å². The van der Waals surface area contributed by atoms with E-state index in [-0.39, 0.29) is 11.5 Å². The number of ether oxygens (including phenoxy) is 1. The van der Waals surface area contributed by atoms with Gasteiger partial charge in [0, 0.05) is 10.7 Å². The molecular weight excluding hydrogens is 266 g/mol. The summed E-state index contributed by atoms with van der Waals surface area (Å²) < 4.78 is 4.69. The van der Waals surface area contributed by atoms with Crippen molar-refractivity contribution in [3.63, 3.8) is 0 Å². The predicted molar refractivity (Wildman–Crippen MR) is 72.3 cm³/mol. The molecule has 0 unspecified atom stereocenters. The van der Waals surface area contributed by atoms with Gasteiger partial charge >= 0.3 is 5.97 Å². The van der Waals surface area contributed by atoms with Gasteiger partial charge in [-0.2, -0.15) is 0 Å². The number of carbonyl (C=O) groups is 2. The molecule has 1 N–H and O–H groups in total. The number of amides is 1. The molecule has 0 bridgehead atoms. The van der Waals surface area contributed by atoms with E-state index < -0.39 is 5.97 Å². The van der Waals surface area contributed by atoms with Crippen molar-refractivity contribution in [3.05, 3.63) is 51.7 Å². The highest BCUT2D eigenvalue weighted by molar-refractivity contribution is 6.30. The summed E-state index contributed by atoms with van der Waals surface area (Å²) >= 11 is 5.80. The van der Waals surface area contributed by atoms with Gasteiger partial charge in [0.2, 0.25) is 0 Å². The first kappa shape index (κ1) is 13.4. The van der Waals surface area contributed by atoms with Gasteiger partial charge in [-0.3, -0.25) is 4.79 Å². The molecule has 0 radical (unpaired) electrons. The van der Waals surface area contributed by atoms with E-state index in [0.29, 0.717) is 16.3 Å². The maximum atomic E-state index is 11.8. The Morgan fingerprint density at radius 2 is 1.95 bits per heavy atom.